The largest absolute Gasteiger partial charge is 0.480 e. The lowest BCUT2D eigenvalue weighted by atomic mass is 9.76. The van der Waals surface area contributed by atoms with E-state index in [4.69, 9.17) is 11.6 Å². The van der Waals surface area contributed by atoms with Crippen LogP contribution in [-0.4, -0.2) is 21.6 Å². The standard InChI is InChI=1S/C14H13ClN2O2/c15-9-2-3-10-11(4-7-16-12(10)8-9)17-14(13(18)19)5-1-6-14/h2-4,7-8H,1,5-6H2,(H,16,17)(H,18,19). The van der Waals surface area contributed by atoms with Gasteiger partial charge in [-0.1, -0.05) is 11.6 Å². The molecule has 98 valence electrons. The SMILES string of the molecule is O=C(O)C1(Nc2ccnc3cc(Cl)ccc23)CCC1. The van der Waals surface area contributed by atoms with Crippen molar-refractivity contribution in [2.24, 2.45) is 0 Å². The van der Waals surface area contributed by atoms with Gasteiger partial charge in [0.15, 0.2) is 0 Å². The molecule has 0 atom stereocenters. The molecule has 1 aromatic carbocycles. The van der Waals surface area contributed by atoms with Crippen LogP contribution < -0.4 is 5.32 Å². The fraction of sp³-hybridized carbons (Fsp3) is 0.286. The second-order valence-electron chi connectivity index (χ2n) is 4.89. The van der Waals surface area contributed by atoms with Crippen molar-refractivity contribution in [3.05, 3.63) is 35.5 Å². The van der Waals surface area contributed by atoms with Crippen LogP contribution in [0.1, 0.15) is 19.3 Å². The summed E-state index contributed by atoms with van der Waals surface area (Å²) in [5.41, 5.74) is 0.731. The van der Waals surface area contributed by atoms with Crippen LogP contribution in [0, 0.1) is 0 Å². The van der Waals surface area contributed by atoms with E-state index in [1.54, 1.807) is 24.4 Å². The molecule has 1 saturated carbocycles. The molecule has 3 rings (SSSR count). The molecule has 1 aliphatic rings. The fourth-order valence-electron chi connectivity index (χ4n) is 2.41. The van der Waals surface area contributed by atoms with E-state index in [1.165, 1.54) is 0 Å². The zero-order valence-corrected chi connectivity index (χ0v) is 10.9. The lowest BCUT2D eigenvalue weighted by molar-refractivity contribution is -0.145. The van der Waals surface area contributed by atoms with Crippen LogP contribution in [-0.2, 0) is 4.79 Å². The Morgan fingerprint density at radius 1 is 1.37 bits per heavy atom. The zero-order chi connectivity index (χ0) is 13.5. The number of nitrogens with zero attached hydrogens (tertiary/aromatic N) is 1. The van der Waals surface area contributed by atoms with Gasteiger partial charge in [0.2, 0.25) is 0 Å². The van der Waals surface area contributed by atoms with E-state index in [2.05, 4.69) is 10.3 Å². The molecule has 0 aliphatic heterocycles. The van der Waals surface area contributed by atoms with Gasteiger partial charge in [0.1, 0.15) is 5.54 Å². The quantitative estimate of drug-likeness (QED) is 0.903. The van der Waals surface area contributed by atoms with Crippen molar-refractivity contribution in [2.45, 2.75) is 24.8 Å². The number of hydrogen-bond donors (Lipinski definition) is 2. The number of nitrogens with one attached hydrogen (secondary N) is 1. The van der Waals surface area contributed by atoms with Crippen molar-refractivity contribution in [1.29, 1.82) is 0 Å². The Bertz CT molecular complexity index is 653. The van der Waals surface area contributed by atoms with Crippen LogP contribution in [0.3, 0.4) is 0 Å². The summed E-state index contributed by atoms with van der Waals surface area (Å²) in [5, 5.41) is 14.0. The maximum Gasteiger partial charge on any atom is 0.329 e. The van der Waals surface area contributed by atoms with Gasteiger partial charge >= 0.3 is 5.97 Å². The van der Waals surface area contributed by atoms with Crippen molar-refractivity contribution in [3.63, 3.8) is 0 Å². The van der Waals surface area contributed by atoms with E-state index in [9.17, 15) is 9.90 Å². The minimum absolute atomic E-state index is 0.619. The van der Waals surface area contributed by atoms with E-state index < -0.39 is 11.5 Å². The molecule has 1 heterocycles. The summed E-state index contributed by atoms with van der Waals surface area (Å²) < 4.78 is 0. The number of hydrogen-bond acceptors (Lipinski definition) is 3. The Morgan fingerprint density at radius 3 is 2.79 bits per heavy atom. The van der Waals surface area contributed by atoms with E-state index in [-0.39, 0.29) is 0 Å². The van der Waals surface area contributed by atoms with Crippen molar-refractivity contribution in [1.82, 2.24) is 4.98 Å². The molecule has 1 fully saturated rings. The number of benzene rings is 1. The molecular weight excluding hydrogens is 264 g/mol. The average Bonchev–Trinajstić information content (AvgIpc) is 2.32. The molecule has 0 radical (unpaired) electrons. The molecule has 2 aromatic rings. The van der Waals surface area contributed by atoms with Gasteiger partial charge in [0.05, 0.1) is 5.52 Å². The van der Waals surface area contributed by atoms with Crippen molar-refractivity contribution < 1.29 is 9.90 Å². The fourth-order valence-corrected chi connectivity index (χ4v) is 2.58. The number of carbonyl (C=O) groups is 1. The number of anilines is 1. The molecule has 5 heteroatoms. The number of aliphatic carboxylic acids is 1. The maximum absolute atomic E-state index is 11.4. The van der Waals surface area contributed by atoms with Gasteiger partial charge in [-0.05, 0) is 43.5 Å². The predicted molar refractivity (Wildman–Crippen MR) is 74.6 cm³/mol. The summed E-state index contributed by atoms with van der Waals surface area (Å²) in [6, 6.07) is 7.22. The third-order valence-electron chi connectivity index (χ3n) is 3.70. The number of fused-ring (bicyclic) bond motifs is 1. The maximum atomic E-state index is 11.4. The Labute approximate surface area is 115 Å². The van der Waals surface area contributed by atoms with Gasteiger partial charge in [0.25, 0.3) is 0 Å². The van der Waals surface area contributed by atoms with Gasteiger partial charge < -0.3 is 10.4 Å². The van der Waals surface area contributed by atoms with Crippen LogP contribution in [0.4, 0.5) is 5.69 Å². The third-order valence-corrected chi connectivity index (χ3v) is 3.93. The van der Waals surface area contributed by atoms with Gasteiger partial charge in [-0.3, -0.25) is 4.98 Å². The van der Waals surface area contributed by atoms with E-state index >= 15 is 0 Å². The predicted octanol–water partition coefficient (Wildman–Crippen LogP) is 3.31. The Hall–Kier alpha value is -1.81. The molecule has 19 heavy (non-hydrogen) atoms. The lowest BCUT2D eigenvalue weighted by Crippen LogP contribution is -2.52. The number of carboxylic acid groups (broad SMARTS) is 1. The van der Waals surface area contributed by atoms with Crippen molar-refractivity contribution in [3.8, 4) is 0 Å². The van der Waals surface area contributed by atoms with E-state index in [0.29, 0.717) is 17.9 Å². The second-order valence-corrected chi connectivity index (χ2v) is 5.32. The highest BCUT2D eigenvalue weighted by Gasteiger charge is 2.44. The molecule has 2 N–H and O–H groups in total. The number of pyridine rings is 1. The van der Waals surface area contributed by atoms with Gasteiger partial charge in [-0.2, -0.15) is 0 Å². The summed E-state index contributed by atoms with van der Waals surface area (Å²) in [6.07, 6.45) is 3.91. The molecular formula is C14H13ClN2O2. The first-order valence-electron chi connectivity index (χ1n) is 6.17. The molecule has 0 spiro atoms. The molecule has 0 amide bonds. The van der Waals surface area contributed by atoms with Crippen LogP contribution in [0.5, 0.6) is 0 Å². The monoisotopic (exact) mass is 276 g/mol. The number of rotatable bonds is 3. The van der Waals surface area contributed by atoms with Crippen molar-refractivity contribution >= 4 is 34.2 Å². The highest BCUT2D eigenvalue weighted by atomic mass is 35.5. The van der Waals surface area contributed by atoms with Crippen LogP contribution in [0.15, 0.2) is 30.5 Å². The van der Waals surface area contributed by atoms with Gasteiger partial charge in [-0.25, -0.2) is 4.79 Å². The highest BCUT2D eigenvalue weighted by molar-refractivity contribution is 6.31. The molecule has 4 nitrogen and oxygen atoms in total. The summed E-state index contributed by atoms with van der Waals surface area (Å²) in [6.45, 7) is 0. The van der Waals surface area contributed by atoms with Crippen LogP contribution in [0.2, 0.25) is 5.02 Å². The molecule has 1 aromatic heterocycles. The third kappa shape index (κ3) is 2.02. The summed E-state index contributed by atoms with van der Waals surface area (Å²) in [5.74, 6) is -0.794. The second kappa shape index (κ2) is 4.38. The summed E-state index contributed by atoms with van der Waals surface area (Å²) in [7, 11) is 0. The minimum Gasteiger partial charge on any atom is -0.480 e. The average molecular weight is 277 g/mol. The summed E-state index contributed by atoms with van der Waals surface area (Å²) >= 11 is 5.94. The first-order valence-corrected chi connectivity index (χ1v) is 6.54. The first kappa shape index (κ1) is 12.2. The number of carboxylic acids is 1. The van der Waals surface area contributed by atoms with E-state index in [1.807, 2.05) is 6.07 Å². The number of aromatic nitrogens is 1. The van der Waals surface area contributed by atoms with Gasteiger partial charge in [0, 0.05) is 22.3 Å². The Kier molecular flexibility index (Phi) is 2.82. The normalized spacial score (nSPS) is 16.9. The smallest absolute Gasteiger partial charge is 0.329 e. The molecule has 0 unspecified atom stereocenters. The zero-order valence-electron chi connectivity index (χ0n) is 10.2. The topological polar surface area (TPSA) is 62.2 Å². The number of halogens is 1. The van der Waals surface area contributed by atoms with Crippen molar-refractivity contribution in [2.75, 3.05) is 5.32 Å². The van der Waals surface area contributed by atoms with Crippen LogP contribution >= 0.6 is 11.6 Å². The van der Waals surface area contributed by atoms with Crippen LogP contribution in [0.25, 0.3) is 10.9 Å². The highest BCUT2D eigenvalue weighted by Crippen LogP contribution is 2.37. The first-order chi connectivity index (χ1) is 9.11. The molecule has 0 saturated heterocycles. The molecule has 0 bridgehead atoms. The van der Waals surface area contributed by atoms with E-state index in [0.717, 1.165) is 23.0 Å². The van der Waals surface area contributed by atoms with Gasteiger partial charge in [-0.15, -0.1) is 0 Å². The lowest BCUT2D eigenvalue weighted by Gasteiger charge is -2.39. The minimum atomic E-state index is -0.825. The summed E-state index contributed by atoms with van der Waals surface area (Å²) in [4.78, 5) is 15.6. The Morgan fingerprint density at radius 2 is 2.16 bits per heavy atom. The Balaban J connectivity index is 2.03. The molecule has 1 aliphatic carbocycles.